The van der Waals surface area contributed by atoms with Crippen LogP contribution < -0.4 is 10.6 Å². The maximum Gasteiger partial charge on any atom is 0.251 e. The summed E-state index contributed by atoms with van der Waals surface area (Å²) in [5.74, 6) is -0.125. The van der Waals surface area contributed by atoms with Crippen molar-refractivity contribution in [2.24, 2.45) is 5.92 Å². The van der Waals surface area contributed by atoms with Crippen molar-refractivity contribution < 1.29 is 14.3 Å². The largest absolute Gasteiger partial charge is 0.379 e. The third-order valence-corrected chi connectivity index (χ3v) is 4.52. The van der Waals surface area contributed by atoms with E-state index >= 15 is 0 Å². The van der Waals surface area contributed by atoms with Crippen molar-refractivity contribution in [2.45, 2.75) is 26.3 Å². The number of hydrogen-bond acceptors (Lipinski definition) is 4. The maximum atomic E-state index is 12.6. The third-order valence-electron chi connectivity index (χ3n) is 4.27. The van der Waals surface area contributed by atoms with Crippen molar-refractivity contribution in [3.05, 3.63) is 34.9 Å². The van der Waals surface area contributed by atoms with Crippen molar-refractivity contribution in [1.82, 2.24) is 15.5 Å². The molecule has 0 aromatic heterocycles. The van der Waals surface area contributed by atoms with Gasteiger partial charge < -0.3 is 15.4 Å². The maximum absolute atomic E-state index is 12.6. The zero-order valence-corrected chi connectivity index (χ0v) is 16.2. The van der Waals surface area contributed by atoms with Crippen molar-refractivity contribution in [2.75, 3.05) is 39.4 Å². The first kappa shape index (κ1) is 20.7. The van der Waals surface area contributed by atoms with E-state index in [0.29, 0.717) is 23.6 Å². The van der Waals surface area contributed by atoms with E-state index in [9.17, 15) is 9.59 Å². The molecule has 2 N–H and O–H groups in total. The fraction of sp³-hybridized carbons (Fsp3) is 0.579. The fourth-order valence-electron chi connectivity index (χ4n) is 2.83. The molecule has 0 radical (unpaired) electrons. The normalized spacial score (nSPS) is 16.3. The zero-order valence-electron chi connectivity index (χ0n) is 15.5. The lowest BCUT2D eigenvalue weighted by atomic mass is 10.0. The van der Waals surface area contributed by atoms with Gasteiger partial charge in [-0.1, -0.05) is 25.4 Å². The average Bonchev–Trinajstić information content (AvgIpc) is 2.62. The number of amides is 2. The van der Waals surface area contributed by atoms with Gasteiger partial charge in [0.25, 0.3) is 5.91 Å². The Morgan fingerprint density at radius 2 is 1.85 bits per heavy atom. The van der Waals surface area contributed by atoms with Crippen LogP contribution in [0.5, 0.6) is 0 Å². The molecular weight excluding hydrogens is 354 g/mol. The quantitative estimate of drug-likeness (QED) is 0.721. The minimum Gasteiger partial charge on any atom is -0.379 e. The van der Waals surface area contributed by atoms with Gasteiger partial charge >= 0.3 is 0 Å². The SMILES string of the molecule is CC(C)CC(NC(=O)c1ccc(Cl)cc1)C(=O)NCCN1CCOCC1. The van der Waals surface area contributed by atoms with Crippen LogP contribution in [0.25, 0.3) is 0 Å². The number of ether oxygens (including phenoxy) is 1. The molecule has 6 nitrogen and oxygen atoms in total. The molecule has 1 aliphatic heterocycles. The lowest BCUT2D eigenvalue weighted by molar-refractivity contribution is -0.123. The van der Waals surface area contributed by atoms with Crippen molar-refractivity contribution in [1.29, 1.82) is 0 Å². The molecule has 1 aromatic carbocycles. The monoisotopic (exact) mass is 381 g/mol. The number of halogens is 1. The molecule has 1 fully saturated rings. The molecule has 0 bridgehead atoms. The molecule has 1 aromatic rings. The first-order valence-corrected chi connectivity index (χ1v) is 9.47. The van der Waals surface area contributed by atoms with Gasteiger partial charge in [-0.2, -0.15) is 0 Å². The van der Waals surface area contributed by atoms with Gasteiger partial charge in [-0.25, -0.2) is 0 Å². The summed E-state index contributed by atoms with van der Waals surface area (Å²) in [4.78, 5) is 27.2. The number of hydrogen-bond donors (Lipinski definition) is 2. The second-order valence-electron chi connectivity index (χ2n) is 6.91. The van der Waals surface area contributed by atoms with Crippen LogP contribution in [0, 0.1) is 5.92 Å². The van der Waals surface area contributed by atoms with Crippen LogP contribution in [0.1, 0.15) is 30.6 Å². The van der Waals surface area contributed by atoms with E-state index in [0.717, 1.165) is 32.8 Å². The van der Waals surface area contributed by atoms with Gasteiger partial charge in [0.2, 0.25) is 5.91 Å². The van der Waals surface area contributed by atoms with Crippen LogP contribution in [0.3, 0.4) is 0 Å². The minimum atomic E-state index is -0.553. The van der Waals surface area contributed by atoms with E-state index < -0.39 is 6.04 Å². The Balaban J connectivity index is 1.87. The Hall–Kier alpha value is -1.63. The summed E-state index contributed by atoms with van der Waals surface area (Å²) >= 11 is 5.86. The van der Waals surface area contributed by atoms with Crippen LogP contribution in [-0.2, 0) is 9.53 Å². The van der Waals surface area contributed by atoms with Gasteiger partial charge in [-0.05, 0) is 36.6 Å². The molecular formula is C19H28ClN3O3. The van der Waals surface area contributed by atoms with Gasteiger partial charge in [0.05, 0.1) is 13.2 Å². The molecule has 26 heavy (non-hydrogen) atoms. The zero-order chi connectivity index (χ0) is 18.9. The minimum absolute atomic E-state index is 0.144. The molecule has 144 valence electrons. The Morgan fingerprint density at radius 1 is 1.19 bits per heavy atom. The summed E-state index contributed by atoms with van der Waals surface area (Å²) in [6.45, 7) is 8.66. The second-order valence-corrected chi connectivity index (χ2v) is 7.34. The summed E-state index contributed by atoms with van der Waals surface area (Å²) in [6, 6.07) is 6.08. The number of carbonyl (C=O) groups is 2. The fourth-order valence-corrected chi connectivity index (χ4v) is 2.96. The first-order chi connectivity index (χ1) is 12.5. The van der Waals surface area contributed by atoms with Crippen LogP contribution >= 0.6 is 11.6 Å². The van der Waals surface area contributed by atoms with Gasteiger partial charge in [0.15, 0.2) is 0 Å². The summed E-state index contributed by atoms with van der Waals surface area (Å²) in [7, 11) is 0. The van der Waals surface area contributed by atoms with E-state index in [1.54, 1.807) is 24.3 Å². The summed E-state index contributed by atoms with van der Waals surface area (Å²) < 4.78 is 5.32. The molecule has 1 heterocycles. The predicted molar refractivity (Wildman–Crippen MR) is 102 cm³/mol. The third kappa shape index (κ3) is 6.94. The van der Waals surface area contributed by atoms with Crippen LogP contribution in [-0.4, -0.2) is 62.1 Å². The highest BCUT2D eigenvalue weighted by Gasteiger charge is 2.22. The standard InChI is InChI=1S/C19H28ClN3O3/c1-14(2)13-17(22-18(24)15-3-5-16(20)6-4-15)19(25)21-7-8-23-9-11-26-12-10-23/h3-6,14,17H,7-13H2,1-2H3,(H,21,25)(H,22,24). The summed E-state index contributed by atoms with van der Waals surface area (Å²) in [6.07, 6.45) is 0.586. The van der Waals surface area contributed by atoms with Gasteiger partial charge in [0, 0.05) is 36.8 Å². The highest BCUT2D eigenvalue weighted by molar-refractivity contribution is 6.30. The van der Waals surface area contributed by atoms with Crippen LogP contribution in [0.4, 0.5) is 0 Å². The van der Waals surface area contributed by atoms with Crippen LogP contribution in [0.15, 0.2) is 24.3 Å². The van der Waals surface area contributed by atoms with Gasteiger partial charge in [0.1, 0.15) is 6.04 Å². The van der Waals surface area contributed by atoms with Gasteiger partial charge in [-0.3, -0.25) is 14.5 Å². The number of morpholine rings is 1. The highest BCUT2D eigenvalue weighted by Crippen LogP contribution is 2.11. The Kier molecular flexibility index (Phi) is 8.35. The Morgan fingerprint density at radius 3 is 2.46 bits per heavy atom. The number of benzene rings is 1. The number of nitrogens with zero attached hydrogens (tertiary/aromatic N) is 1. The lowest BCUT2D eigenvalue weighted by Crippen LogP contribution is -2.49. The molecule has 1 saturated heterocycles. The smallest absolute Gasteiger partial charge is 0.251 e. The highest BCUT2D eigenvalue weighted by atomic mass is 35.5. The van der Waals surface area contributed by atoms with E-state index in [1.807, 2.05) is 13.8 Å². The molecule has 1 aliphatic rings. The van der Waals surface area contributed by atoms with Crippen molar-refractivity contribution in [3.63, 3.8) is 0 Å². The molecule has 2 rings (SSSR count). The molecule has 1 unspecified atom stereocenters. The Bertz CT molecular complexity index is 586. The van der Waals surface area contributed by atoms with Crippen LogP contribution in [0.2, 0.25) is 5.02 Å². The van der Waals surface area contributed by atoms with E-state index in [-0.39, 0.29) is 17.7 Å². The predicted octanol–water partition coefficient (Wildman–Crippen LogP) is 1.93. The number of rotatable bonds is 8. The number of nitrogens with one attached hydrogen (secondary N) is 2. The molecule has 0 spiro atoms. The molecule has 7 heteroatoms. The number of carbonyl (C=O) groups excluding carboxylic acids is 2. The molecule has 2 amide bonds. The van der Waals surface area contributed by atoms with Crippen molar-refractivity contribution >= 4 is 23.4 Å². The first-order valence-electron chi connectivity index (χ1n) is 9.10. The van der Waals surface area contributed by atoms with Gasteiger partial charge in [-0.15, -0.1) is 0 Å². The summed E-state index contributed by atoms with van der Waals surface area (Å²) in [5, 5.41) is 6.36. The topological polar surface area (TPSA) is 70.7 Å². The molecule has 0 saturated carbocycles. The van der Waals surface area contributed by atoms with E-state index in [4.69, 9.17) is 16.3 Å². The lowest BCUT2D eigenvalue weighted by Gasteiger charge is -2.27. The second kappa shape index (κ2) is 10.5. The van der Waals surface area contributed by atoms with Crippen molar-refractivity contribution in [3.8, 4) is 0 Å². The average molecular weight is 382 g/mol. The molecule has 0 aliphatic carbocycles. The molecule has 1 atom stereocenters. The Labute approximate surface area is 160 Å². The summed E-state index contributed by atoms with van der Waals surface area (Å²) in [5.41, 5.74) is 0.490. The van der Waals surface area contributed by atoms with E-state index in [2.05, 4.69) is 15.5 Å². The van der Waals surface area contributed by atoms with E-state index in [1.165, 1.54) is 0 Å².